The molecule has 1 N–H and O–H groups in total. The number of rotatable bonds is 4. The lowest BCUT2D eigenvalue weighted by Crippen LogP contribution is -2.35. The molecule has 1 fully saturated rings. The van der Waals surface area contributed by atoms with Gasteiger partial charge in [-0.1, -0.05) is 42.0 Å². The fourth-order valence-electron chi connectivity index (χ4n) is 3.87. The van der Waals surface area contributed by atoms with Gasteiger partial charge in [-0.15, -0.1) is 0 Å². The average molecular weight is 380 g/mol. The normalized spacial score (nSPS) is 20.9. The molecular formula is C24H25FO3. The third kappa shape index (κ3) is 4.96. The predicted molar refractivity (Wildman–Crippen MR) is 109 cm³/mol. The molecule has 0 amide bonds. The fourth-order valence-corrected chi connectivity index (χ4v) is 3.87. The second-order valence-electron chi connectivity index (χ2n) is 7.85. The number of carboxylic acid groups (broad SMARTS) is 1. The van der Waals surface area contributed by atoms with Gasteiger partial charge in [-0.2, -0.15) is 0 Å². The van der Waals surface area contributed by atoms with E-state index in [-0.39, 0.29) is 17.5 Å². The molecular weight excluding hydrogens is 355 g/mol. The molecule has 2 aromatic carbocycles. The third-order valence-electron chi connectivity index (χ3n) is 4.80. The molecule has 0 aliphatic carbocycles. The molecule has 0 spiro atoms. The maximum atomic E-state index is 13.5. The van der Waals surface area contributed by atoms with Gasteiger partial charge in [0.05, 0.1) is 11.7 Å². The molecule has 28 heavy (non-hydrogen) atoms. The Kier molecular flexibility index (Phi) is 5.80. The molecule has 1 unspecified atom stereocenters. The van der Waals surface area contributed by atoms with Crippen LogP contribution >= 0.6 is 0 Å². The van der Waals surface area contributed by atoms with Crippen molar-refractivity contribution < 1.29 is 19.0 Å². The van der Waals surface area contributed by atoms with E-state index in [1.54, 1.807) is 6.08 Å². The van der Waals surface area contributed by atoms with Crippen molar-refractivity contribution >= 4 is 17.6 Å². The molecule has 1 saturated heterocycles. The lowest BCUT2D eigenvalue weighted by molar-refractivity contribution is -0.131. The van der Waals surface area contributed by atoms with Crippen LogP contribution in [0.3, 0.4) is 0 Å². The van der Waals surface area contributed by atoms with Gasteiger partial charge in [0, 0.05) is 6.08 Å². The summed E-state index contributed by atoms with van der Waals surface area (Å²) >= 11 is 0. The van der Waals surface area contributed by atoms with Crippen molar-refractivity contribution in [3.05, 3.63) is 82.7 Å². The summed E-state index contributed by atoms with van der Waals surface area (Å²) in [5.41, 5.74) is 4.92. The largest absolute Gasteiger partial charge is 0.478 e. The molecule has 1 atom stereocenters. The number of carboxylic acids is 1. The highest BCUT2D eigenvalue weighted by Crippen LogP contribution is 2.39. The van der Waals surface area contributed by atoms with E-state index in [0.29, 0.717) is 0 Å². The van der Waals surface area contributed by atoms with Crippen LogP contribution in [0.25, 0.3) is 11.6 Å². The van der Waals surface area contributed by atoms with E-state index in [4.69, 9.17) is 9.84 Å². The first-order chi connectivity index (χ1) is 13.2. The van der Waals surface area contributed by atoms with Crippen molar-refractivity contribution in [2.75, 3.05) is 0 Å². The van der Waals surface area contributed by atoms with Crippen LogP contribution in [0, 0.1) is 5.82 Å². The molecule has 1 aliphatic heterocycles. The van der Waals surface area contributed by atoms with E-state index in [9.17, 15) is 9.18 Å². The van der Waals surface area contributed by atoms with Gasteiger partial charge < -0.3 is 9.84 Å². The lowest BCUT2D eigenvalue weighted by atomic mass is 9.83. The summed E-state index contributed by atoms with van der Waals surface area (Å²) < 4.78 is 19.6. The highest BCUT2D eigenvalue weighted by molar-refractivity contribution is 5.86. The molecule has 1 aliphatic rings. The van der Waals surface area contributed by atoms with Gasteiger partial charge in [0.2, 0.25) is 0 Å². The Hall–Kier alpha value is -2.72. The van der Waals surface area contributed by atoms with Crippen LogP contribution in [0.4, 0.5) is 4.39 Å². The summed E-state index contributed by atoms with van der Waals surface area (Å²) in [5, 5.41) is 8.80. The third-order valence-corrected chi connectivity index (χ3v) is 4.80. The Morgan fingerprint density at radius 1 is 1.11 bits per heavy atom. The summed E-state index contributed by atoms with van der Waals surface area (Å²) in [7, 11) is 0. The van der Waals surface area contributed by atoms with Crippen LogP contribution in [-0.2, 0) is 9.53 Å². The second-order valence-corrected chi connectivity index (χ2v) is 7.85. The smallest absolute Gasteiger partial charge is 0.328 e. The summed E-state index contributed by atoms with van der Waals surface area (Å²) in [6.07, 6.45) is 4.40. The molecule has 0 aromatic heterocycles. The minimum atomic E-state index is -0.975. The Labute approximate surface area is 165 Å². The highest BCUT2D eigenvalue weighted by atomic mass is 19.1. The molecule has 0 saturated carbocycles. The van der Waals surface area contributed by atoms with E-state index >= 15 is 0 Å². The van der Waals surface area contributed by atoms with Gasteiger partial charge in [0.1, 0.15) is 5.82 Å². The molecule has 1 heterocycles. The summed E-state index contributed by atoms with van der Waals surface area (Å²) in [6.45, 7) is 6.25. The summed E-state index contributed by atoms with van der Waals surface area (Å²) in [4.78, 5) is 10.7. The SMILES string of the molecule is CC1CC(=C(c2ccc(F)cc2)c2ccc(/C=C/C(=O)O)cc2)CC(C)(C)O1. The van der Waals surface area contributed by atoms with Crippen LogP contribution < -0.4 is 0 Å². The average Bonchev–Trinajstić information content (AvgIpc) is 2.61. The van der Waals surface area contributed by atoms with Crippen molar-refractivity contribution in [3.63, 3.8) is 0 Å². The number of ether oxygens (including phenoxy) is 1. The first-order valence-corrected chi connectivity index (χ1v) is 9.41. The first-order valence-electron chi connectivity index (χ1n) is 9.41. The number of halogens is 1. The van der Waals surface area contributed by atoms with Crippen molar-refractivity contribution in [2.45, 2.75) is 45.3 Å². The van der Waals surface area contributed by atoms with Crippen LogP contribution in [0.15, 0.2) is 60.2 Å². The van der Waals surface area contributed by atoms with Gasteiger partial charge in [-0.05, 0) is 74.1 Å². The minimum Gasteiger partial charge on any atom is -0.478 e. The topological polar surface area (TPSA) is 46.5 Å². The fraction of sp³-hybridized carbons (Fsp3) is 0.292. The van der Waals surface area contributed by atoms with E-state index < -0.39 is 5.97 Å². The minimum absolute atomic E-state index is 0.104. The Morgan fingerprint density at radius 2 is 1.68 bits per heavy atom. The standard InChI is InChI=1S/C24H25FO3/c1-16-14-20(15-24(2,3)28-16)23(19-9-11-21(25)12-10-19)18-7-4-17(5-8-18)6-13-22(26)27/h4-13,16H,14-15H2,1-3H3,(H,26,27)/b13-6+,23-20?. The van der Waals surface area contributed by atoms with Crippen LogP contribution in [0.2, 0.25) is 0 Å². The van der Waals surface area contributed by atoms with E-state index in [1.807, 2.05) is 36.4 Å². The maximum absolute atomic E-state index is 13.5. The number of aliphatic carboxylic acids is 1. The maximum Gasteiger partial charge on any atom is 0.328 e. The Bertz CT molecular complexity index is 906. The van der Waals surface area contributed by atoms with Gasteiger partial charge in [0.15, 0.2) is 0 Å². The highest BCUT2D eigenvalue weighted by Gasteiger charge is 2.31. The second kappa shape index (κ2) is 8.11. The molecule has 2 aromatic rings. The zero-order valence-electron chi connectivity index (χ0n) is 16.4. The first kappa shape index (κ1) is 20.0. The number of hydrogen-bond acceptors (Lipinski definition) is 2. The van der Waals surface area contributed by atoms with E-state index in [1.165, 1.54) is 17.7 Å². The predicted octanol–water partition coefficient (Wildman–Crippen LogP) is 5.70. The molecule has 0 radical (unpaired) electrons. The van der Waals surface area contributed by atoms with Crippen molar-refractivity contribution in [3.8, 4) is 0 Å². The monoisotopic (exact) mass is 380 g/mol. The van der Waals surface area contributed by atoms with Crippen molar-refractivity contribution in [1.29, 1.82) is 0 Å². The van der Waals surface area contributed by atoms with Crippen molar-refractivity contribution in [2.24, 2.45) is 0 Å². The Morgan fingerprint density at radius 3 is 2.21 bits per heavy atom. The van der Waals surface area contributed by atoms with E-state index in [0.717, 1.165) is 41.2 Å². The zero-order chi connectivity index (χ0) is 20.3. The summed E-state index contributed by atoms with van der Waals surface area (Å²) in [5.74, 6) is -1.24. The molecule has 4 heteroatoms. The van der Waals surface area contributed by atoms with Crippen molar-refractivity contribution in [1.82, 2.24) is 0 Å². The van der Waals surface area contributed by atoms with Gasteiger partial charge >= 0.3 is 5.97 Å². The van der Waals surface area contributed by atoms with Crippen LogP contribution in [0.1, 0.15) is 50.3 Å². The van der Waals surface area contributed by atoms with E-state index in [2.05, 4.69) is 20.8 Å². The Balaban J connectivity index is 2.08. The molecule has 146 valence electrons. The molecule has 3 rings (SSSR count). The van der Waals surface area contributed by atoms with Crippen LogP contribution in [0.5, 0.6) is 0 Å². The molecule has 0 bridgehead atoms. The number of hydrogen-bond donors (Lipinski definition) is 1. The molecule has 3 nitrogen and oxygen atoms in total. The number of benzene rings is 2. The lowest BCUT2D eigenvalue weighted by Gasteiger charge is -2.37. The van der Waals surface area contributed by atoms with Gasteiger partial charge in [0.25, 0.3) is 0 Å². The van der Waals surface area contributed by atoms with Gasteiger partial charge in [-0.3, -0.25) is 0 Å². The van der Waals surface area contributed by atoms with Gasteiger partial charge in [-0.25, -0.2) is 9.18 Å². The summed E-state index contributed by atoms with van der Waals surface area (Å²) in [6, 6.07) is 14.3. The zero-order valence-corrected chi connectivity index (χ0v) is 16.4. The quantitative estimate of drug-likeness (QED) is 0.692. The van der Waals surface area contributed by atoms with Crippen LogP contribution in [-0.4, -0.2) is 22.8 Å². The number of carbonyl (C=O) groups is 1.